The van der Waals surface area contributed by atoms with Crippen molar-refractivity contribution in [2.45, 2.75) is 25.0 Å². The fourth-order valence-corrected chi connectivity index (χ4v) is 2.16. The first-order valence-electron chi connectivity index (χ1n) is 5.54. The fourth-order valence-electron chi connectivity index (χ4n) is 1.44. The van der Waals surface area contributed by atoms with E-state index in [-0.39, 0.29) is 6.04 Å². The Hall–Kier alpha value is -1.27. The van der Waals surface area contributed by atoms with Crippen molar-refractivity contribution in [2.75, 3.05) is 12.3 Å². The van der Waals surface area contributed by atoms with E-state index in [1.165, 1.54) is 0 Å². The first kappa shape index (κ1) is 12.2. The molecule has 0 radical (unpaired) electrons. The van der Waals surface area contributed by atoms with Gasteiger partial charge in [0.1, 0.15) is 11.6 Å². The maximum absolute atomic E-state index is 5.31. The second-order valence-electron chi connectivity index (χ2n) is 3.74. The Morgan fingerprint density at radius 2 is 2.47 bits per heavy atom. The molecule has 92 valence electrons. The van der Waals surface area contributed by atoms with Crippen molar-refractivity contribution >= 4 is 11.8 Å². The Morgan fingerprint density at radius 3 is 3.12 bits per heavy atom. The van der Waals surface area contributed by atoms with Gasteiger partial charge in [-0.15, -0.1) is 5.10 Å². The highest BCUT2D eigenvalue weighted by molar-refractivity contribution is 7.99. The summed E-state index contributed by atoms with van der Waals surface area (Å²) in [6, 6.07) is 4.11. The van der Waals surface area contributed by atoms with Gasteiger partial charge >= 0.3 is 0 Å². The Morgan fingerprint density at radius 1 is 1.59 bits per heavy atom. The Bertz CT molecular complexity index is 440. The Kier molecular flexibility index (Phi) is 4.22. The first-order chi connectivity index (χ1) is 8.25. The highest BCUT2D eigenvalue weighted by Crippen LogP contribution is 2.14. The van der Waals surface area contributed by atoms with Crippen LogP contribution in [0.2, 0.25) is 0 Å². The van der Waals surface area contributed by atoms with Gasteiger partial charge in [0.2, 0.25) is 5.16 Å². The zero-order valence-electron chi connectivity index (χ0n) is 9.93. The van der Waals surface area contributed by atoms with E-state index in [1.54, 1.807) is 18.0 Å². The average molecular weight is 252 g/mol. The molecule has 0 bridgehead atoms. The highest BCUT2D eigenvalue weighted by atomic mass is 32.2. The molecular weight excluding hydrogens is 236 g/mol. The summed E-state index contributed by atoms with van der Waals surface area (Å²) in [5.74, 6) is 2.75. The van der Waals surface area contributed by atoms with Crippen molar-refractivity contribution in [3.63, 3.8) is 0 Å². The minimum Gasteiger partial charge on any atom is -0.468 e. The first-order valence-corrected chi connectivity index (χ1v) is 6.53. The van der Waals surface area contributed by atoms with Gasteiger partial charge < -0.3 is 9.73 Å². The molecule has 0 saturated heterocycles. The summed E-state index contributed by atoms with van der Waals surface area (Å²) in [6.45, 7) is 4.87. The van der Waals surface area contributed by atoms with Gasteiger partial charge in [-0.2, -0.15) is 0 Å². The molecule has 2 aromatic rings. The normalized spacial score (nSPS) is 12.8. The van der Waals surface area contributed by atoms with E-state index in [0.29, 0.717) is 0 Å². The van der Waals surface area contributed by atoms with Crippen LogP contribution < -0.4 is 5.32 Å². The molecule has 5 nitrogen and oxygen atoms in total. The molecule has 0 aliphatic carbocycles. The van der Waals surface area contributed by atoms with Crippen LogP contribution in [-0.2, 0) is 0 Å². The zero-order chi connectivity index (χ0) is 12.1. The lowest BCUT2D eigenvalue weighted by molar-refractivity contribution is 0.438. The lowest BCUT2D eigenvalue weighted by Crippen LogP contribution is -2.20. The van der Waals surface area contributed by atoms with Crippen LogP contribution in [0, 0.1) is 6.92 Å². The molecule has 17 heavy (non-hydrogen) atoms. The summed E-state index contributed by atoms with van der Waals surface area (Å²) in [4.78, 5) is 4.23. The van der Waals surface area contributed by atoms with Crippen LogP contribution in [0.4, 0.5) is 0 Å². The molecule has 0 aliphatic rings. The summed E-state index contributed by atoms with van der Waals surface area (Å²) < 4.78 is 5.31. The minimum atomic E-state index is 0.236. The number of nitrogens with one attached hydrogen (secondary N) is 2. The Balaban J connectivity index is 1.66. The molecule has 2 heterocycles. The van der Waals surface area contributed by atoms with E-state index >= 15 is 0 Å². The summed E-state index contributed by atoms with van der Waals surface area (Å²) in [6.07, 6.45) is 1.69. The summed E-state index contributed by atoms with van der Waals surface area (Å²) in [5, 5.41) is 11.1. The summed E-state index contributed by atoms with van der Waals surface area (Å²) >= 11 is 1.63. The third-order valence-electron chi connectivity index (χ3n) is 2.33. The topological polar surface area (TPSA) is 66.7 Å². The average Bonchev–Trinajstić information content (AvgIpc) is 2.95. The lowest BCUT2D eigenvalue weighted by atomic mass is 10.2. The SMILES string of the molecule is Cc1nc(SCCNC(C)c2ccco2)n[nH]1. The van der Waals surface area contributed by atoms with E-state index in [0.717, 1.165) is 29.0 Å². The van der Waals surface area contributed by atoms with Gasteiger partial charge in [0.15, 0.2) is 0 Å². The van der Waals surface area contributed by atoms with Crippen LogP contribution in [0.3, 0.4) is 0 Å². The Labute approximate surface area is 104 Å². The van der Waals surface area contributed by atoms with E-state index in [1.807, 2.05) is 19.1 Å². The molecule has 0 amide bonds. The summed E-state index contributed by atoms with van der Waals surface area (Å²) in [5.41, 5.74) is 0. The van der Waals surface area contributed by atoms with Crippen LogP contribution >= 0.6 is 11.8 Å². The summed E-state index contributed by atoms with van der Waals surface area (Å²) in [7, 11) is 0. The molecule has 2 N–H and O–H groups in total. The fraction of sp³-hybridized carbons (Fsp3) is 0.455. The van der Waals surface area contributed by atoms with Crippen LogP contribution in [0.5, 0.6) is 0 Å². The van der Waals surface area contributed by atoms with Gasteiger partial charge in [-0.05, 0) is 26.0 Å². The number of rotatable bonds is 6. The maximum Gasteiger partial charge on any atom is 0.208 e. The number of H-pyrrole nitrogens is 1. The lowest BCUT2D eigenvalue weighted by Gasteiger charge is -2.09. The van der Waals surface area contributed by atoms with Crippen LogP contribution in [0.25, 0.3) is 0 Å². The number of aryl methyl sites for hydroxylation is 1. The second-order valence-corrected chi connectivity index (χ2v) is 4.81. The van der Waals surface area contributed by atoms with Gasteiger partial charge in [-0.3, -0.25) is 5.10 Å². The van der Waals surface area contributed by atoms with Crippen LogP contribution in [0.1, 0.15) is 24.6 Å². The zero-order valence-corrected chi connectivity index (χ0v) is 10.8. The minimum absolute atomic E-state index is 0.236. The van der Waals surface area contributed by atoms with Crippen molar-refractivity contribution in [3.05, 3.63) is 30.0 Å². The molecule has 0 spiro atoms. The number of aromatic amines is 1. The molecule has 0 saturated carbocycles. The van der Waals surface area contributed by atoms with Gasteiger partial charge in [-0.1, -0.05) is 11.8 Å². The van der Waals surface area contributed by atoms with Crippen LogP contribution in [-0.4, -0.2) is 27.5 Å². The number of hydrogen-bond donors (Lipinski definition) is 2. The molecule has 0 aliphatic heterocycles. The van der Waals surface area contributed by atoms with Crippen molar-refractivity contribution in [2.24, 2.45) is 0 Å². The maximum atomic E-state index is 5.31. The van der Waals surface area contributed by atoms with Crippen molar-refractivity contribution in [1.82, 2.24) is 20.5 Å². The highest BCUT2D eigenvalue weighted by Gasteiger charge is 2.07. The van der Waals surface area contributed by atoms with Gasteiger partial charge in [-0.25, -0.2) is 4.98 Å². The number of hydrogen-bond acceptors (Lipinski definition) is 5. The predicted octanol–water partition coefficient (Wildman–Crippen LogP) is 2.15. The largest absolute Gasteiger partial charge is 0.468 e. The smallest absolute Gasteiger partial charge is 0.208 e. The number of nitrogens with zero attached hydrogens (tertiary/aromatic N) is 2. The third-order valence-corrected chi connectivity index (χ3v) is 3.18. The molecule has 1 unspecified atom stereocenters. The van der Waals surface area contributed by atoms with Gasteiger partial charge in [0, 0.05) is 12.3 Å². The molecular formula is C11H16N4OS. The molecule has 6 heteroatoms. The standard InChI is InChI=1S/C11H16N4OS/c1-8(10-4-3-6-16-10)12-5-7-17-11-13-9(2)14-15-11/h3-4,6,8,12H,5,7H2,1-2H3,(H,13,14,15). The van der Waals surface area contributed by atoms with E-state index < -0.39 is 0 Å². The van der Waals surface area contributed by atoms with Gasteiger partial charge in [0.25, 0.3) is 0 Å². The van der Waals surface area contributed by atoms with E-state index in [9.17, 15) is 0 Å². The van der Waals surface area contributed by atoms with E-state index in [4.69, 9.17) is 4.42 Å². The van der Waals surface area contributed by atoms with E-state index in [2.05, 4.69) is 27.4 Å². The predicted molar refractivity (Wildman–Crippen MR) is 67.0 cm³/mol. The third kappa shape index (κ3) is 3.61. The number of aromatic nitrogens is 3. The number of furan rings is 1. The molecule has 0 fully saturated rings. The quantitative estimate of drug-likeness (QED) is 0.609. The van der Waals surface area contributed by atoms with Gasteiger partial charge in [0.05, 0.1) is 12.3 Å². The van der Waals surface area contributed by atoms with Crippen molar-refractivity contribution < 1.29 is 4.42 Å². The molecule has 2 rings (SSSR count). The monoisotopic (exact) mass is 252 g/mol. The number of thioether (sulfide) groups is 1. The van der Waals surface area contributed by atoms with Crippen LogP contribution in [0.15, 0.2) is 28.0 Å². The molecule has 1 atom stereocenters. The molecule has 0 aromatic carbocycles. The van der Waals surface area contributed by atoms with Crippen molar-refractivity contribution in [3.8, 4) is 0 Å². The van der Waals surface area contributed by atoms with Crippen molar-refractivity contribution in [1.29, 1.82) is 0 Å². The second kappa shape index (κ2) is 5.88. The molecule has 2 aromatic heterocycles.